The first-order valence-electron chi connectivity index (χ1n) is 10.3. The monoisotopic (exact) mass is 511 g/mol. The summed E-state index contributed by atoms with van der Waals surface area (Å²) in [4.78, 5) is 16.6. The van der Waals surface area contributed by atoms with Crippen molar-refractivity contribution >= 4 is 27.3 Å². The van der Waals surface area contributed by atoms with E-state index in [0.717, 1.165) is 23.5 Å². The minimum Gasteiger partial charge on any atom is -0.457 e. The van der Waals surface area contributed by atoms with E-state index in [9.17, 15) is 26.4 Å². The van der Waals surface area contributed by atoms with Crippen LogP contribution in [-0.2, 0) is 27.5 Å². The molecular formula is C22H20F3N3O4S2. The molecule has 1 atom stereocenters. The number of carbonyl (C=O) groups excluding carboxylic acids is 1. The summed E-state index contributed by atoms with van der Waals surface area (Å²) in [5.74, 6) is 0.218. The summed E-state index contributed by atoms with van der Waals surface area (Å²) < 4.78 is 70.5. The Morgan fingerprint density at radius 1 is 1.18 bits per heavy atom. The van der Waals surface area contributed by atoms with Gasteiger partial charge in [-0.2, -0.15) is 17.5 Å². The number of thiazole rings is 1. The number of hydrogen-bond acceptors (Lipinski definition) is 6. The second kappa shape index (κ2) is 9.72. The SMILES string of the molecule is O=C(NCc1cccc(Oc2ccc(C(F)(F)F)cc2)c1)[C@@H]1CCCN1S(=O)(=O)c1nccs1. The fraction of sp³-hybridized carbons (Fsp3) is 0.273. The van der Waals surface area contributed by atoms with Gasteiger partial charge in [0.15, 0.2) is 0 Å². The van der Waals surface area contributed by atoms with Gasteiger partial charge in [0.25, 0.3) is 10.0 Å². The van der Waals surface area contributed by atoms with Crippen LogP contribution in [0.15, 0.2) is 64.4 Å². The van der Waals surface area contributed by atoms with Crippen molar-refractivity contribution in [1.29, 1.82) is 0 Å². The third-order valence-electron chi connectivity index (χ3n) is 5.23. The van der Waals surface area contributed by atoms with Crippen LogP contribution in [0.1, 0.15) is 24.0 Å². The smallest absolute Gasteiger partial charge is 0.416 e. The van der Waals surface area contributed by atoms with Gasteiger partial charge >= 0.3 is 6.18 Å². The Bertz CT molecular complexity index is 1250. The van der Waals surface area contributed by atoms with Crippen molar-refractivity contribution in [2.24, 2.45) is 0 Å². The fourth-order valence-corrected chi connectivity index (χ4v) is 6.20. The highest BCUT2D eigenvalue weighted by atomic mass is 32.2. The number of aromatic nitrogens is 1. The third-order valence-corrected chi connectivity index (χ3v) is 8.31. The molecule has 12 heteroatoms. The molecule has 2 heterocycles. The van der Waals surface area contributed by atoms with Gasteiger partial charge in [-0.05, 0) is 54.8 Å². The van der Waals surface area contributed by atoms with Crippen LogP contribution in [0.5, 0.6) is 11.5 Å². The molecule has 180 valence electrons. The van der Waals surface area contributed by atoms with E-state index in [2.05, 4.69) is 10.3 Å². The number of hydrogen-bond donors (Lipinski definition) is 1. The van der Waals surface area contributed by atoms with E-state index in [-0.39, 0.29) is 23.2 Å². The standard InChI is InChI=1S/C22H20F3N3O4S2/c23-22(24,25)16-6-8-17(9-7-16)32-18-4-1-3-15(13-18)14-27-20(29)19-5-2-11-28(19)34(30,31)21-26-10-12-33-21/h1,3-4,6-10,12-13,19H,2,5,11,14H2,(H,27,29)/t19-/m0/s1. The molecule has 34 heavy (non-hydrogen) atoms. The molecule has 1 fully saturated rings. The minimum absolute atomic E-state index is 0.0414. The van der Waals surface area contributed by atoms with Crippen molar-refractivity contribution < 1.29 is 31.1 Å². The highest BCUT2D eigenvalue weighted by Gasteiger charge is 2.40. The highest BCUT2D eigenvalue weighted by molar-refractivity contribution is 7.91. The first-order chi connectivity index (χ1) is 16.1. The van der Waals surface area contributed by atoms with Crippen LogP contribution in [-0.4, -0.2) is 36.2 Å². The molecule has 1 amide bonds. The summed E-state index contributed by atoms with van der Waals surface area (Å²) in [7, 11) is -3.84. The van der Waals surface area contributed by atoms with E-state index in [1.165, 1.54) is 22.6 Å². The Hall–Kier alpha value is -2.96. The zero-order valence-corrected chi connectivity index (χ0v) is 19.3. The predicted octanol–water partition coefficient (Wildman–Crippen LogP) is 4.42. The van der Waals surface area contributed by atoms with Gasteiger partial charge in [0.1, 0.15) is 17.5 Å². The van der Waals surface area contributed by atoms with Crippen LogP contribution in [0.3, 0.4) is 0 Å². The molecule has 0 spiro atoms. The lowest BCUT2D eigenvalue weighted by Gasteiger charge is -2.22. The molecule has 4 rings (SSSR count). The molecule has 1 aliphatic heterocycles. The molecule has 1 aliphatic rings. The molecule has 7 nitrogen and oxygen atoms in total. The lowest BCUT2D eigenvalue weighted by Crippen LogP contribution is -2.45. The molecule has 0 saturated carbocycles. The first-order valence-corrected chi connectivity index (χ1v) is 12.6. The van der Waals surface area contributed by atoms with Crippen LogP contribution in [0.2, 0.25) is 0 Å². The van der Waals surface area contributed by atoms with Gasteiger partial charge < -0.3 is 10.1 Å². The van der Waals surface area contributed by atoms with Gasteiger partial charge in [-0.15, -0.1) is 11.3 Å². The van der Waals surface area contributed by atoms with Crippen molar-refractivity contribution in [1.82, 2.24) is 14.6 Å². The maximum absolute atomic E-state index is 12.8. The number of ether oxygens (including phenoxy) is 1. The molecule has 3 aromatic rings. The van der Waals surface area contributed by atoms with Gasteiger partial charge in [-0.3, -0.25) is 4.79 Å². The summed E-state index contributed by atoms with van der Waals surface area (Å²) in [6.07, 6.45) is -2.04. The summed E-state index contributed by atoms with van der Waals surface area (Å²) in [5.41, 5.74) is -0.0840. The normalized spacial score (nSPS) is 17.0. The summed E-state index contributed by atoms with van der Waals surface area (Å²) >= 11 is 1.00. The second-order valence-corrected chi connectivity index (χ2v) is 10.5. The van der Waals surface area contributed by atoms with E-state index in [1.807, 2.05) is 0 Å². The van der Waals surface area contributed by atoms with Crippen molar-refractivity contribution in [3.63, 3.8) is 0 Å². The molecule has 0 aliphatic carbocycles. The molecule has 1 saturated heterocycles. The zero-order chi connectivity index (χ0) is 24.3. The van der Waals surface area contributed by atoms with Gasteiger partial charge in [0.2, 0.25) is 10.2 Å². The molecule has 2 aromatic carbocycles. The summed E-state index contributed by atoms with van der Waals surface area (Å²) in [6, 6.07) is 10.2. The van der Waals surface area contributed by atoms with Crippen molar-refractivity contribution in [3.8, 4) is 11.5 Å². The maximum atomic E-state index is 12.8. The first kappa shape index (κ1) is 24.2. The molecule has 0 radical (unpaired) electrons. The number of halogens is 3. The van der Waals surface area contributed by atoms with E-state index >= 15 is 0 Å². The van der Waals surface area contributed by atoms with Gasteiger partial charge in [-0.25, -0.2) is 13.4 Å². The minimum atomic E-state index is -4.43. The van der Waals surface area contributed by atoms with Crippen LogP contribution in [0.25, 0.3) is 0 Å². The third kappa shape index (κ3) is 5.40. The van der Waals surface area contributed by atoms with Gasteiger partial charge in [0.05, 0.1) is 5.56 Å². The molecule has 1 aromatic heterocycles. The van der Waals surface area contributed by atoms with Gasteiger partial charge in [0, 0.05) is 24.7 Å². The lowest BCUT2D eigenvalue weighted by atomic mass is 10.2. The number of benzene rings is 2. The van der Waals surface area contributed by atoms with E-state index in [1.54, 1.807) is 29.6 Å². The molecule has 1 N–H and O–H groups in total. The number of nitrogens with zero attached hydrogens (tertiary/aromatic N) is 2. The van der Waals surface area contributed by atoms with E-state index in [4.69, 9.17) is 4.74 Å². The highest BCUT2D eigenvalue weighted by Crippen LogP contribution is 2.31. The van der Waals surface area contributed by atoms with Crippen LogP contribution >= 0.6 is 11.3 Å². The fourth-order valence-electron chi connectivity index (χ4n) is 3.60. The Kier molecular flexibility index (Phi) is 6.91. The Morgan fingerprint density at radius 3 is 2.62 bits per heavy atom. The molecule has 0 bridgehead atoms. The number of amides is 1. The average Bonchev–Trinajstić information content (AvgIpc) is 3.50. The van der Waals surface area contributed by atoms with Crippen LogP contribution in [0, 0.1) is 0 Å². The average molecular weight is 512 g/mol. The van der Waals surface area contributed by atoms with Crippen LogP contribution in [0.4, 0.5) is 13.2 Å². The second-order valence-electron chi connectivity index (χ2n) is 7.56. The predicted molar refractivity (Wildman–Crippen MR) is 119 cm³/mol. The number of carbonyl (C=O) groups is 1. The molecular weight excluding hydrogens is 491 g/mol. The Balaban J connectivity index is 1.38. The van der Waals surface area contributed by atoms with E-state index in [0.29, 0.717) is 24.2 Å². The summed E-state index contributed by atoms with van der Waals surface area (Å²) in [5, 5.41) is 4.33. The summed E-state index contributed by atoms with van der Waals surface area (Å²) in [6.45, 7) is 0.376. The van der Waals surface area contributed by atoms with Crippen molar-refractivity contribution in [3.05, 3.63) is 71.2 Å². The van der Waals surface area contributed by atoms with E-state index < -0.39 is 33.7 Å². The zero-order valence-electron chi connectivity index (χ0n) is 17.7. The Labute approximate surface area is 198 Å². The lowest BCUT2D eigenvalue weighted by molar-refractivity contribution is -0.137. The molecule has 0 unspecified atom stereocenters. The maximum Gasteiger partial charge on any atom is 0.416 e. The van der Waals surface area contributed by atoms with Crippen LogP contribution < -0.4 is 10.1 Å². The number of alkyl halides is 3. The topological polar surface area (TPSA) is 88.6 Å². The van der Waals surface area contributed by atoms with Crippen molar-refractivity contribution in [2.45, 2.75) is 35.9 Å². The van der Waals surface area contributed by atoms with Crippen molar-refractivity contribution in [2.75, 3.05) is 6.54 Å². The Morgan fingerprint density at radius 2 is 1.94 bits per heavy atom. The number of nitrogens with one attached hydrogen (secondary N) is 1. The number of sulfonamides is 1. The quantitative estimate of drug-likeness (QED) is 0.507. The van der Waals surface area contributed by atoms with Gasteiger partial charge in [-0.1, -0.05) is 12.1 Å². The number of rotatable bonds is 7. The largest absolute Gasteiger partial charge is 0.457 e.